The quantitative estimate of drug-likeness (QED) is 0.829. The van der Waals surface area contributed by atoms with Gasteiger partial charge in [-0.15, -0.1) is 0 Å². The molecule has 0 amide bonds. The lowest BCUT2D eigenvalue weighted by Gasteiger charge is -2.29. The molecule has 1 aromatic heterocycles. The molecule has 0 aliphatic heterocycles. The zero-order valence-corrected chi connectivity index (χ0v) is 11.6. The number of aromatic nitrogens is 1. The third-order valence-electron chi connectivity index (χ3n) is 4.21. The number of carboxylic acids is 1. The Kier molecular flexibility index (Phi) is 5.02. The van der Waals surface area contributed by atoms with Crippen molar-refractivity contribution in [3.63, 3.8) is 0 Å². The smallest absolute Gasteiger partial charge is 0.306 e. The van der Waals surface area contributed by atoms with E-state index in [0.29, 0.717) is 5.92 Å². The standard InChI is InChI=1S/C15H24N2O2/c1-17(9-7-12-6-8-16-10-12)11-13-2-4-14(5-3-13)15(18)19/h6,8,10,13-14,16H,2-5,7,9,11H2,1H3,(H,18,19). The monoisotopic (exact) mass is 264 g/mol. The van der Waals surface area contributed by atoms with E-state index in [4.69, 9.17) is 5.11 Å². The molecule has 1 aliphatic carbocycles. The number of hydrogen-bond donors (Lipinski definition) is 2. The van der Waals surface area contributed by atoms with Gasteiger partial charge in [-0.05, 0) is 56.7 Å². The molecular formula is C15H24N2O2. The van der Waals surface area contributed by atoms with Crippen LogP contribution in [0.2, 0.25) is 0 Å². The molecule has 2 rings (SSSR count). The lowest BCUT2D eigenvalue weighted by atomic mass is 9.82. The fraction of sp³-hybridized carbons (Fsp3) is 0.667. The molecule has 0 bridgehead atoms. The Hall–Kier alpha value is -1.29. The van der Waals surface area contributed by atoms with Gasteiger partial charge in [0.1, 0.15) is 0 Å². The lowest BCUT2D eigenvalue weighted by Crippen LogP contribution is -2.31. The predicted octanol–water partition coefficient (Wildman–Crippen LogP) is 2.38. The van der Waals surface area contributed by atoms with Crippen LogP contribution in [-0.2, 0) is 11.2 Å². The van der Waals surface area contributed by atoms with Crippen LogP contribution in [0.3, 0.4) is 0 Å². The van der Waals surface area contributed by atoms with Crippen molar-refractivity contribution in [2.75, 3.05) is 20.1 Å². The highest BCUT2D eigenvalue weighted by molar-refractivity contribution is 5.69. The zero-order valence-electron chi connectivity index (χ0n) is 11.6. The van der Waals surface area contributed by atoms with E-state index in [1.807, 2.05) is 12.4 Å². The number of nitrogens with zero attached hydrogens (tertiary/aromatic N) is 1. The summed E-state index contributed by atoms with van der Waals surface area (Å²) in [6.45, 7) is 2.16. The summed E-state index contributed by atoms with van der Waals surface area (Å²) in [5.74, 6) is -0.0347. The number of nitrogens with one attached hydrogen (secondary N) is 1. The number of hydrogen-bond acceptors (Lipinski definition) is 2. The number of aliphatic carboxylic acids is 1. The van der Waals surface area contributed by atoms with Crippen molar-refractivity contribution < 1.29 is 9.90 Å². The summed E-state index contributed by atoms with van der Waals surface area (Å²) in [6.07, 6.45) is 8.91. The first-order chi connectivity index (χ1) is 9.15. The summed E-state index contributed by atoms with van der Waals surface area (Å²) in [5, 5.41) is 8.98. The first-order valence-electron chi connectivity index (χ1n) is 7.18. The summed E-state index contributed by atoms with van der Waals surface area (Å²) in [7, 11) is 2.16. The van der Waals surface area contributed by atoms with Crippen molar-refractivity contribution >= 4 is 5.97 Å². The van der Waals surface area contributed by atoms with Crippen LogP contribution in [0.4, 0.5) is 0 Å². The molecule has 4 heteroatoms. The fourth-order valence-electron chi connectivity index (χ4n) is 2.96. The molecule has 1 aromatic rings. The number of H-pyrrole nitrogens is 1. The van der Waals surface area contributed by atoms with E-state index in [1.165, 1.54) is 5.56 Å². The number of carbonyl (C=O) groups is 1. The minimum atomic E-state index is -0.612. The molecule has 1 heterocycles. The molecule has 19 heavy (non-hydrogen) atoms. The molecule has 0 spiro atoms. The zero-order chi connectivity index (χ0) is 13.7. The first-order valence-corrected chi connectivity index (χ1v) is 7.18. The normalized spacial score (nSPS) is 23.7. The fourth-order valence-corrected chi connectivity index (χ4v) is 2.96. The first kappa shape index (κ1) is 14.1. The van der Waals surface area contributed by atoms with Crippen LogP contribution in [0, 0.1) is 11.8 Å². The average Bonchev–Trinajstić information content (AvgIpc) is 2.90. The molecule has 0 unspecified atom stereocenters. The van der Waals surface area contributed by atoms with Crippen LogP contribution in [0.1, 0.15) is 31.2 Å². The van der Waals surface area contributed by atoms with Crippen molar-refractivity contribution in [3.8, 4) is 0 Å². The Morgan fingerprint density at radius 2 is 2.16 bits per heavy atom. The maximum Gasteiger partial charge on any atom is 0.306 e. The van der Waals surface area contributed by atoms with E-state index in [9.17, 15) is 4.79 Å². The molecule has 2 N–H and O–H groups in total. The van der Waals surface area contributed by atoms with Crippen LogP contribution < -0.4 is 0 Å². The molecule has 1 aliphatic rings. The molecule has 1 saturated carbocycles. The van der Waals surface area contributed by atoms with Gasteiger partial charge in [-0.2, -0.15) is 0 Å². The van der Waals surface area contributed by atoms with Crippen molar-refractivity contribution in [2.45, 2.75) is 32.1 Å². The maximum atomic E-state index is 10.9. The van der Waals surface area contributed by atoms with E-state index < -0.39 is 5.97 Å². The largest absolute Gasteiger partial charge is 0.481 e. The molecule has 0 radical (unpaired) electrons. The van der Waals surface area contributed by atoms with Gasteiger partial charge < -0.3 is 15.0 Å². The van der Waals surface area contributed by atoms with E-state index in [0.717, 1.165) is 45.2 Å². The summed E-state index contributed by atoms with van der Waals surface area (Å²) in [4.78, 5) is 16.4. The van der Waals surface area contributed by atoms with E-state index in [2.05, 4.69) is 23.0 Å². The minimum absolute atomic E-state index is 0.0959. The Labute approximate surface area is 114 Å². The summed E-state index contributed by atoms with van der Waals surface area (Å²) in [6, 6.07) is 2.12. The second-order valence-electron chi connectivity index (χ2n) is 5.79. The summed E-state index contributed by atoms with van der Waals surface area (Å²) >= 11 is 0. The second kappa shape index (κ2) is 6.75. The van der Waals surface area contributed by atoms with Gasteiger partial charge in [0.15, 0.2) is 0 Å². The maximum absolute atomic E-state index is 10.9. The van der Waals surface area contributed by atoms with Gasteiger partial charge in [0, 0.05) is 25.5 Å². The van der Waals surface area contributed by atoms with Crippen LogP contribution in [0.25, 0.3) is 0 Å². The second-order valence-corrected chi connectivity index (χ2v) is 5.79. The van der Waals surface area contributed by atoms with Gasteiger partial charge >= 0.3 is 5.97 Å². The van der Waals surface area contributed by atoms with Crippen LogP contribution in [0.5, 0.6) is 0 Å². The average molecular weight is 264 g/mol. The van der Waals surface area contributed by atoms with E-state index >= 15 is 0 Å². The van der Waals surface area contributed by atoms with Gasteiger partial charge in [0.2, 0.25) is 0 Å². The van der Waals surface area contributed by atoms with Gasteiger partial charge in [0.25, 0.3) is 0 Å². The number of rotatable bonds is 6. The minimum Gasteiger partial charge on any atom is -0.481 e. The van der Waals surface area contributed by atoms with Crippen LogP contribution in [0.15, 0.2) is 18.5 Å². The summed E-state index contributed by atoms with van der Waals surface area (Å²) in [5.41, 5.74) is 1.35. The highest BCUT2D eigenvalue weighted by Gasteiger charge is 2.26. The van der Waals surface area contributed by atoms with Crippen LogP contribution in [-0.4, -0.2) is 41.1 Å². The van der Waals surface area contributed by atoms with Crippen molar-refractivity contribution in [1.29, 1.82) is 0 Å². The Morgan fingerprint density at radius 1 is 1.42 bits per heavy atom. The van der Waals surface area contributed by atoms with E-state index in [-0.39, 0.29) is 5.92 Å². The van der Waals surface area contributed by atoms with Crippen molar-refractivity contribution in [3.05, 3.63) is 24.0 Å². The molecule has 4 nitrogen and oxygen atoms in total. The SMILES string of the molecule is CN(CCc1cc[nH]c1)CC1CCC(C(=O)O)CC1. The molecule has 0 atom stereocenters. The molecule has 1 fully saturated rings. The highest BCUT2D eigenvalue weighted by atomic mass is 16.4. The number of carboxylic acid groups (broad SMARTS) is 1. The van der Waals surface area contributed by atoms with Crippen LogP contribution >= 0.6 is 0 Å². The third kappa shape index (κ3) is 4.39. The number of likely N-dealkylation sites (N-methyl/N-ethyl adjacent to an activating group) is 1. The molecular weight excluding hydrogens is 240 g/mol. The number of aromatic amines is 1. The molecule has 106 valence electrons. The third-order valence-corrected chi connectivity index (χ3v) is 4.21. The predicted molar refractivity (Wildman–Crippen MR) is 75.1 cm³/mol. The lowest BCUT2D eigenvalue weighted by molar-refractivity contribution is -0.143. The van der Waals surface area contributed by atoms with Crippen molar-refractivity contribution in [1.82, 2.24) is 9.88 Å². The van der Waals surface area contributed by atoms with Gasteiger partial charge in [-0.1, -0.05) is 0 Å². The molecule has 0 saturated heterocycles. The Bertz CT molecular complexity index is 381. The summed E-state index contributed by atoms with van der Waals surface area (Å²) < 4.78 is 0. The topological polar surface area (TPSA) is 56.3 Å². The van der Waals surface area contributed by atoms with Gasteiger partial charge in [-0.3, -0.25) is 4.79 Å². The van der Waals surface area contributed by atoms with Gasteiger partial charge in [-0.25, -0.2) is 0 Å². The van der Waals surface area contributed by atoms with Crippen molar-refractivity contribution in [2.24, 2.45) is 11.8 Å². The Morgan fingerprint density at radius 3 is 2.74 bits per heavy atom. The highest BCUT2D eigenvalue weighted by Crippen LogP contribution is 2.29. The molecule has 0 aromatic carbocycles. The van der Waals surface area contributed by atoms with E-state index in [1.54, 1.807) is 0 Å². The van der Waals surface area contributed by atoms with Gasteiger partial charge in [0.05, 0.1) is 5.92 Å². The Balaban J connectivity index is 1.66.